The molecule has 1 N–H and O–H groups in total. The van der Waals surface area contributed by atoms with Gasteiger partial charge >= 0.3 is 0 Å². The maximum absolute atomic E-state index is 13.0. The van der Waals surface area contributed by atoms with E-state index in [1.54, 1.807) is 53.1 Å². The number of hydrogen-bond donors (Lipinski definition) is 1. The predicted molar refractivity (Wildman–Crippen MR) is 122 cm³/mol. The van der Waals surface area contributed by atoms with Crippen molar-refractivity contribution in [2.75, 3.05) is 16.8 Å². The summed E-state index contributed by atoms with van der Waals surface area (Å²) in [5.41, 5.74) is 4.22. The number of aromatic nitrogens is 2. The zero-order chi connectivity index (χ0) is 22.2. The van der Waals surface area contributed by atoms with Crippen LogP contribution in [0.5, 0.6) is 0 Å². The summed E-state index contributed by atoms with van der Waals surface area (Å²) < 4.78 is 7.20. The van der Waals surface area contributed by atoms with Crippen LogP contribution in [0, 0.1) is 0 Å². The van der Waals surface area contributed by atoms with Crippen LogP contribution in [0.25, 0.3) is 17.1 Å². The minimum Gasteiger partial charge on any atom is -0.463 e. The Morgan fingerprint density at radius 1 is 1.09 bits per heavy atom. The molecule has 0 atom stereocenters. The molecule has 0 bridgehead atoms. The molecular formula is C24H19ClN4O3. The van der Waals surface area contributed by atoms with Crippen molar-refractivity contribution in [1.29, 1.82) is 0 Å². The van der Waals surface area contributed by atoms with E-state index in [0.717, 1.165) is 23.4 Å². The average molecular weight is 447 g/mol. The maximum atomic E-state index is 13.0. The molecule has 4 aromatic rings. The van der Waals surface area contributed by atoms with Crippen LogP contribution in [0.15, 0.2) is 71.3 Å². The van der Waals surface area contributed by atoms with Gasteiger partial charge in [-0.25, -0.2) is 4.68 Å². The van der Waals surface area contributed by atoms with Crippen LogP contribution < -0.4 is 10.2 Å². The van der Waals surface area contributed by atoms with Gasteiger partial charge in [-0.3, -0.25) is 9.59 Å². The number of carbonyl (C=O) groups is 2. The van der Waals surface area contributed by atoms with Crippen molar-refractivity contribution < 1.29 is 14.0 Å². The third-order valence-corrected chi connectivity index (χ3v) is 5.65. The van der Waals surface area contributed by atoms with Crippen molar-refractivity contribution in [1.82, 2.24) is 9.78 Å². The summed E-state index contributed by atoms with van der Waals surface area (Å²) in [7, 11) is 0. The van der Waals surface area contributed by atoms with Crippen LogP contribution >= 0.6 is 11.6 Å². The Hall–Kier alpha value is -3.84. The number of nitrogens with zero attached hydrogens (tertiary/aromatic N) is 3. The highest BCUT2D eigenvalue weighted by Crippen LogP contribution is 2.31. The Morgan fingerprint density at radius 3 is 2.62 bits per heavy atom. The number of anilines is 2. The molecule has 3 heterocycles. The summed E-state index contributed by atoms with van der Waals surface area (Å²) in [6.07, 6.45) is 2.33. The Balaban J connectivity index is 1.45. The number of benzene rings is 2. The zero-order valence-electron chi connectivity index (χ0n) is 17.2. The van der Waals surface area contributed by atoms with Gasteiger partial charge in [0.1, 0.15) is 5.69 Å². The lowest BCUT2D eigenvalue weighted by Crippen LogP contribution is -2.25. The number of nitrogens with one attached hydrogen (secondary N) is 1. The van der Waals surface area contributed by atoms with Crippen molar-refractivity contribution in [2.24, 2.45) is 0 Å². The van der Waals surface area contributed by atoms with Gasteiger partial charge in [0.2, 0.25) is 5.91 Å². The number of amides is 2. The molecule has 2 amide bonds. The second-order valence-electron chi connectivity index (χ2n) is 7.50. The maximum Gasteiger partial charge on any atom is 0.276 e. The van der Waals surface area contributed by atoms with E-state index >= 15 is 0 Å². The van der Waals surface area contributed by atoms with Crippen LogP contribution in [0.4, 0.5) is 11.4 Å². The first-order chi connectivity index (χ1) is 15.5. The number of hydrogen-bond acceptors (Lipinski definition) is 4. The first kappa shape index (κ1) is 20.1. The smallest absolute Gasteiger partial charge is 0.276 e. The molecule has 0 radical (unpaired) electrons. The van der Waals surface area contributed by atoms with Gasteiger partial charge < -0.3 is 14.6 Å². The molecule has 1 aliphatic heterocycles. The molecule has 2 aromatic heterocycles. The lowest BCUT2D eigenvalue weighted by molar-refractivity contribution is -0.116. The summed E-state index contributed by atoms with van der Waals surface area (Å²) in [5.74, 6) is 0.263. The molecule has 32 heavy (non-hydrogen) atoms. The fourth-order valence-electron chi connectivity index (χ4n) is 3.87. The monoisotopic (exact) mass is 446 g/mol. The molecule has 160 valence electrons. The van der Waals surface area contributed by atoms with E-state index in [0.29, 0.717) is 28.7 Å². The highest BCUT2D eigenvalue weighted by atomic mass is 35.5. The molecule has 0 fully saturated rings. The highest BCUT2D eigenvalue weighted by Gasteiger charge is 2.23. The second-order valence-corrected chi connectivity index (χ2v) is 7.94. The number of halogens is 1. The van der Waals surface area contributed by atoms with Crippen molar-refractivity contribution >= 4 is 34.8 Å². The van der Waals surface area contributed by atoms with Gasteiger partial charge in [-0.15, -0.1) is 0 Å². The summed E-state index contributed by atoms with van der Waals surface area (Å²) >= 11 is 6.02. The highest BCUT2D eigenvalue weighted by molar-refractivity contribution is 6.30. The van der Waals surface area contributed by atoms with Crippen molar-refractivity contribution in [3.8, 4) is 17.1 Å². The standard InChI is InChI=1S/C24H19ClN4O3/c1-15(30)28-11-10-16-13-18(6-9-21(16)28)26-24(31)20-14-22(23-3-2-12-32-23)29(27-20)19-7-4-17(25)5-8-19/h2-9,12-14H,10-11H2,1H3,(H,26,31). The zero-order valence-corrected chi connectivity index (χ0v) is 18.0. The van der Waals surface area contributed by atoms with Crippen molar-refractivity contribution in [3.05, 3.63) is 83.2 Å². The van der Waals surface area contributed by atoms with Gasteiger partial charge in [-0.05, 0) is 66.6 Å². The van der Waals surface area contributed by atoms with Crippen LogP contribution in [0.1, 0.15) is 23.0 Å². The van der Waals surface area contributed by atoms with Crippen molar-refractivity contribution in [2.45, 2.75) is 13.3 Å². The number of carbonyl (C=O) groups excluding carboxylic acids is 2. The van der Waals surface area contributed by atoms with E-state index in [-0.39, 0.29) is 17.5 Å². The Kier molecular flexibility index (Phi) is 5.03. The van der Waals surface area contributed by atoms with E-state index in [4.69, 9.17) is 16.0 Å². The number of fused-ring (bicyclic) bond motifs is 1. The molecule has 1 aliphatic rings. The largest absolute Gasteiger partial charge is 0.463 e. The molecule has 5 rings (SSSR count). The minimum absolute atomic E-state index is 0.0127. The third-order valence-electron chi connectivity index (χ3n) is 5.40. The fourth-order valence-corrected chi connectivity index (χ4v) is 4.00. The number of rotatable bonds is 4. The van der Waals surface area contributed by atoms with E-state index < -0.39 is 0 Å². The summed E-state index contributed by atoms with van der Waals surface area (Å²) in [6.45, 7) is 2.21. The molecule has 2 aromatic carbocycles. The fraction of sp³-hybridized carbons (Fsp3) is 0.125. The Labute approximate surface area is 189 Å². The van der Waals surface area contributed by atoms with Gasteiger partial charge in [-0.2, -0.15) is 5.10 Å². The van der Waals surface area contributed by atoms with Crippen LogP contribution in [0.2, 0.25) is 5.02 Å². The van der Waals surface area contributed by atoms with Crippen LogP contribution in [-0.2, 0) is 11.2 Å². The van der Waals surface area contributed by atoms with E-state index in [1.165, 1.54) is 0 Å². The van der Waals surface area contributed by atoms with Gasteiger partial charge in [0, 0.05) is 35.9 Å². The van der Waals surface area contributed by atoms with Gasteiger partial charge in [-0.1, -0.05) is 11.6 Å². The average Bonchev–Trinajstić information content (AvgIpc) is 3.52. The summed E-state index contributed by atoms with van der Waals surface area (Å²) in [5, 5.41) is 8.04. The first-order valence-electron chi connectivity index (χ1n) is 10.1. The van der Waals surface area contributed by atoms with Crippen LogP contribution in [-0.4, -0.2) is 28.1 Å². The topological polar surface area (TPSA) is 80.4 Å². The molecule has 0 aliphatic carbocycles. The normalized spacial score (nSPS) is 12.6. The van der Waals surface area contributed by atoms with Gasteiger partial charge in [0.05, 0.1) is 12.0 Å². The molecule has 0 saturated heterocycles. The van der Waals surface area contributed by atoms with Gasteiger partial charge in [0.25, 0.3) is 5.91 Å². The molecular weight excluding hydrogens is 428 g/mol. The first-order valence-corrected chi connectivity index (χ1v) is 10.5. The van der Waals surface area contributed by atoms with Gasteiger partial charge in [0.15, 0.2) is 11.5 Å². The Bertz CT molecular complexity index is 1310. The molecule has 8 heteroatoms. The van der Waals surface area contributed by atoms with Crippen LogP contribution in [0.3, 0.4) is 0 Å². The lowest BCUT2D eigenvalue weighted by atomic mass is 10.1. The molecule has 0 spiro atoms. The van der Waals surface area contributed by atoms with E-state index in [2.05, 4.69) is 10.4 Å². The summed E-state index contributed by atoms with van der Waals surface area (Å²) in [6, 6.07) is 18.0. The van der Waals surface area contributed by atoms with Crippen molar-refractivity contribution in [3.63, 3.8) is 0 Å². The number of furan rings is 1. The molecule has 0 saturated carbocycles. The molecule has 0 unspecified atom stereocenters. The minimum atomic E-state index is -0.341. The quantitative estimate of drug-likeness (QED) is 0.481. The molecule has 7 nitrogen and oxygen atoms in total. The Morgan fingerprint density at radius 2 is 1.91 bits per heavy atom. The SMILES string of the molecule is CC(=O)N1CCc2cc(NC(=O)c3cc(-c4ccco4)n(-c4ccc(Cl)cc4)n3)ccc21. The summed E-state index contributed by atoms with van der Waals surface area (Å²) in [4.78, 5) is 26.5. The van der Waals surface area contributed by atoms with E-state index in [1.807, 2.05) is 30.3 Å². The predicted octanol–water partition coefficient (Wildman–Crippen LogP) is 4.95. The lowest BCUT2D eigenvalue weighted by Gasteiger charge is -2.14. The third kappa shape index (κ3) is 3.67. The van der Waals surface area contributed by atoms with E-state index in [9.17, 15) is 9.59 Å². The second kappa shape index (κ2) is 8.01.